The number of nitrogens with one attached hydrogen (secondary N) is 1. The van der Waals surface area contributed by atoms with Crippen LogP contribution in [-0.4, -0.2) is 26.0 Å². The molecule has 0 bridgehead atoms. The van der Waals surface area contributed by atoms with Crippen molar-refractivity contribution in [2.45, 2.75) is 12.7 Å². The van der Waals surface area contributed by atoms with Crippen LogP contribution in [0.5, 0.6) is 0 Å². The Labute approximate surface area is 94.3 Å². The minimum atomic E-state index is -0.0556. The molecule has 3 nitrogen and oxygen atoms in total. The summed E-state index contributed by atoms with van der Waals surface area (Å²) in [6, 6.07) is 7.69. The summed E-state index contributed by atoms with van der Waals surface area (Å²) in [5, 5.41) is 3.99. The van der Waals surface area contributed by atoms with Gasteiger partial charge in [0.2, 0.25) is 0 Å². The fraction of sp³-hybridized carbons (Fsp3) is 0.455. The Morgan fingerprint density at radius 1 is 1.27 bits per heavy atom. The zero-order valence-electron chi connectivity index (χ0n) is 8.41. The molecule has 0 amide bonds. The monoisotopic (exact) mass is 227 g/mol. The first kappa shape index (κ1) is 10.7. The molecule has 1 heterocycles. The largest absolute Gasteiger partial charge is 0.384 e. The topological polar surface area (TPSA) is 30.5 Å². The van der Waals surface area contributed by atoms with Gasteiger partial charge in [0.15, 0.2) is 6.29 Å². The number of benzene rings is 1. The van der Waals surface area contributed by atoms with Crippen LogP contribution in [0.2, 0.25) is 5.02 Å². The fourth-order valence-corrected chi connectivity index (χ4v) is 1.71. The van der Waals surface area contributed by atoms with Crippen LogP contribution in [0.1, 0.15) is 6.42 Å². The van der Waals surface area contributed by atoms with Crippen LogP contribution < -0.4 is 5.32 Å². The van der Waals surface area contributed by atoms with Crippen LogP contribution in [0.25, 0.3) is 0 Å². The standard InChI is InChI=1S/C11H14ClNO2/c12-9-3-1-2-4-10(9)13-6-5-11-14-7-8-15-11/h1-4,11,13H,5-8H2. The lowest BCUT2D eigenvalue weighted by molar-refractivity contribution is -0.0439. The van der Waals surface area contributed by atoms with Crippen molar-refractivity contribution in [3.8, 4) is 0 Å². The van der Waals surface area contributed by atoms with Crippen molar-refractivity contribution in [3.05, 3.63) is 29.3 Å². The molecule has 15 heavy (non-hydrogen) atoms. The van der Waals surface area contributed by atoms with Gasteiger partial charge in [-0.2, -0.15) is 0 Å². The molecule has 0 spiro atoms. The SMILES string of the molecule is Clc1ccccc1NCCC1OCCO1. The van der Waals surface area contributed by atoms with Gasteiger partial charge in [-0.1, -0.05) is 23.7 Å². The Hall–Kier alpha value is -0.770. The summed E-state index contributed by atoms with van der Waals surface area (Å²) in [6.45, 7) is 2.21. The molecule has 1 N–H and O–H groups in total. The van der Waals surface area contributed by atoms with Gasteiger partial charge in [0.25, 0.3) is 0 Å². The summed E-state index contributed by atoms with van der Waals surface area (Å²) in [4.78, 5) is 0. The molecule has 1 aliphatic heterocycles. The van der Waals surface area contributed by atoms with E-state index in [4.69, 9.17) is 21.1 Å². The number of hydrogen-bond acceptors (Lipinski definition) is 3. The molecule has 1 aliphatic rings. The van der Waals surface area contributed by atoms with E-state index in [9.17, 15) is 0 Å². The van der Waals surface area contributed by atoms with E-state index in [1.54, 1.807) is 0 Å². The Morgan fingerprint density at radius 2 is 2.00 bits per heavy atom. The van der Waals surface area contributed by atoms with Crippen molar-refractivity contribution < 1.29 is 9.47 Å². The van der Waals surface area contributed by atoms with Crippen LogP contribution in [-0.2, 0) is 9.47 Å². The van der Waals surface area contributed by atoms with E-state index in [0.717, 1.165) is 23.7 Å². The van der Waals surface area contributed by atoms with Crippen molar-refractivity contribution >= 4 is 17.3 Å². The van der Waals surface area contributed by atoms with Crippen molar-refractivity contribution in [1.82, 2.24) is 0 Å². The minimum absolute atomic E-state index is 0.0556. The quantitative estimate of drug-likeness (QED) is 0.858. The molecule has 1 aromatic rings. The van der Waals surface area contributed by atoms with Crippen LogP contribution in [0, 0.1) is 0 Å². The van der Waals surface area contributed by atoms with Crippen LogP contribution in [0.3, 0.4) is 0 Å². The van der Waals surface area contributed by atoms with E-state index in [2.05, 4.69) is 5.32 Å². The number of halogens is 1. The van der Waals surface area contributed by atoms with Crippen molar-refractivity contribution in [2.75, 3.05) is 25.1 Å². The summed E-state index contributed by atoms with van der Waals surface area (Å²) < 4.78 is 10.7. The molecule has 2 rings (SSSR count). The van der Waals surface area contributed by atoms with E-state index < -0.39 is 0 Å². The van der Waals surface area contributed by atoms with E-state index in [1.807, 2.05) is 24.3 Å². The van der Waals surface area contributed by atoms with E-state index in [-0.39, 0.29) is 6.29 Å². The highest BCUT2D eigenvalue weighted by Crippen LogP contribution is 2.20. The second-order valence-electron chi connectivity index (χ2n) is 3.37. The van der Waals surface area contributed by atoms with Crippen LogP contribution in [0.15, 0.2) is 24.3 Å². The average Bonchev–Trinajstić information content (AvgIpc) is 2.74. The predicted molar refractivity (Wildman–Crippen MR) is 60.3 cm³/mol. The third kappa shape index (κ3) is 3.09. The van der Waals surface area contributed by atoms with Crippen molar-refractivity contribution in [3.63, 3.8) is 0 Å². The molecule has 0 aliphatic carbocycles. The summed E-state index contributed by atoms with van der Waals surface area (Å²) in [5.41, 5.74) is 0.956. The second-order valence-corrected chi connectivity index (χ2v) is 3.77. The maximum absolute atomic E-state index is 5.99. The van der Waals surface area contributed by atoms with Crippen LogP contribution >= 0.6 is 11.6 Å². The normalized spacial score (nSPS) is 16.9. The van der Waals surface area contributed by atoms with Gasteiger partial charge in [0.05, 0.1) is 23.9 Å². The first-order valence-electron chi connectivity index (χ1n) is 5.08. The average molecular weight is 228 g/mol. The van der Waals surface area contributed by atoms with Crippen molar-refractivity contribution in [1.29, 1.82) is 0 Å². The zero-order chi connectivity index (χ0) is 10.5. The van der Waals surface area contributed by atoms with Gasteiger partial charge < -0.3 is 14.8 Å². The molecule has 1 saturated heterocycles. The summed E-state index contributed by atoms with van der Waals surface area (Å²) >= 11 is 5.99. The summed E-state index contributed by atoms with van der Waals surface area (Å²) in [6.07, 6.45) is 0.783. The van der Waals surface area contributed by atoms with Gasteiger partial charge in [-0.05, 0) is 12.1 Å². The third-order valence-electron chi connectivity index (χ3n) is 2.26. The minimum Gasteiger partial charge on any atom is -0.384 e. The maximum Gasteiger partial charge on any atom is 0.159 e. The number of hydrogen-bond donors (Lipinski definition) is 1. The molecule has 4 heteroatoms. The van der Waals surface area contributed by atoms with Gasteiger partial charge in [0, 0.05) is 13.0 Å². The number of anilines is 1. The van der Waals surface area contributed by atoms with Gasteiger partial charge in [-0.25, -0.2) is 0 Å². The lowest BCUT2D eigenvalue weighted by atomic mass is 10.3. The molecule has 1 fully saturated rings. The highest BCUT2D eigenvalue weighted by atomic mass is 35.5. The number of para-hydroxylation sites is 1. The summed E-state index contributed by atoms with van der Waals surface area (Å²) in [5.74, 6) is 0. The van der Waals surface area contributed by atoms with E-state index in [0.29, 0.717) is 13.2 Å². The third-order valence-corrected chi connectivity index (χ3v) is 2.59. The van der Waals surface area contributed by atoms with E-state index >= 15 is 0 Å². The maximum atomic E-state index is 5.99. The van der Waals surface area contributed by atoms with Gasteiger partial charge in [-0.15, -0.1) is 0 Å². The highest BCUT2D eigenvalue weighted by molar-refractivity contribution is 6.33. The Bertz CT molecular complexity index is 313. The number of rotatable bonds is 4. The first-order valence-corrected chi connectivity index (χ1v) is 5.45. The first-order chi connectivity index (χ1) is 7.36. The van der Waals surface area contributed by atoms with Gasteiger partial charge in [-0.3, -0.25) is 0 Å². The van der Waals surface area contributed by atoms with Gasteiger partial charge in [0.1, 0.15) is 0 Å². The van der Waals surface area contributed by atoms with Crippen LogP contribution in [0.4, 0.5) is 5.69 Å². The Balaban J connectivity index is 1.75. The molecule has 82 valence electrons. The van der Waals surface area contributed by atoms with Gasteiger partial charge >= 0.3 is 0 Å². The molecule has 1 aromatic carbocycles. The molecule has 0 aromatic heterocycles. The summed E-state index contributed by atoms with van der Waals surface area (Å²) in [7, 11) is 0. The molecule has 0 unspecified atom stereocenters. The van der Waals surface area contributed by atoms with Crippen molar-refractivity contribution in [2.24, 2.45) is 0 Å². The second kappa shape index (κ2) is 5.35. The Morgan fingerprint density at radius 3 is 2.73 bits per heavy atom. The fourth-order valence-electron chi connectivity index (χ4n) is 1.50. The lowest BCUT2D eigenvalue weighted by Gasteiger charge is -2.11. The molecule has 0 radical (unpaired) electrons. The molecule has 0 saturated carbocycles. The molecular formula is C11H14ClNO2. The lowest BCUT2D eigenvalue weighted by Crippen LogP contribution is -2.14. The van der Waals surface area contributed by atoms with E-state index in [1.165, 1.54) is 0 Å². The zero-order valence-corrected chi connectivity index (χ0v) is 9.17. The molecular weight excluding hydrogens is 214 g/mol. The molecule has 0 atom stereocenters. The number of ether oxygens (including phenoxy) is 2. The Kier molecular flexibility index (Phi) is 3.83. The highest BCUT2D eigenvalue weighted by Gasteiger charge is 2.14. The predicted octanol–water partition coefficient (Wildman–Crippen LogP) is 2.51. The smallest absolute Gasteiger partial charge is 0.159 e.